The Bertz CT molecular complexity index is 901. The summed E-state index contributed by atoms with van der Waals surface area (Å²) < 4.78 is 5.72. The Kier molecular flexibility index (Phi) is 5.61. The van der Waals surface area contributed by atoms with Gasteiger partial charge in [0.05, 0.1) is 13.2 Å². The minimum Gasteiger partial charge on any atom is -0.493 e. The van der Waals surface area contributed by atoms with Crippen LogP contribution in [0.25, 0.3) is 11.1 Å². The van der Waals surface area contributed by atoms with E-state index in [1.807, 2.05) is 49.4 Å². The number of hydrogen-bond donors (Lipinski definition) is 3. The molecule has 0 bridgehead atoms. The number of rotatable bonds is 6. The highest BCUT2D eigenvalue weighted by Crippen LogP contribution is 2.37. The molecule has 0 fully saturated rings. The molecule has 0 aliphatic rings. The third-order valence-electron chi connectivity index (χ3n) is 3.92. The molecule has 1 heterocycles. The molecular weight excluding hydrogens is 350 g/mol. The largest absolute Gasteiger partial charge is 0.493 e. The van der Waals surface area contributed by atoms with Crippen LogP contribution in [0, 0.1) is 0 Å². The number of aliphatic hydroxyl groups excluding tert-OH is 1. The summed E-state index contributed by atoms with van der Waals surface area (Å²) >= 11 is 6.18. The van der Waals surface area contributed by atoms with Crippen LogP contribution in [-0.4, -0.2) is 16.7 Å². The standard InChI is InChI=1S/C20H20ClN3O2/c1-2-26-19-7-6-14(21)11-15(19)13-9-17(22)16(12-25)18(10-13)24-20-5-3-4-8-23-20/h3-11,25H,2,12,22H2,1H3,(H,23,24). The molecule has 2 aromatic carbocycles. The van der Waals surface area contributed by atoms with Gasteiger partial charge in [0.25, 0.3) is 0 Å². The van der Waals surface area contributed by atoms with E-state index >= 15 is 0 Å². The van der Waals surface area contributed by atoms with Gasteiger partial charge in [0.15, 0.2) is 0 Å². The second kappa shape index (κ2) is 8.08. The van der Waals surface area contributed by atoms with Crippen LogP contribution in [0.2, 0.25) is 5.02 Å². The Labute approximate surface area is 157 Å². The van der Waals surface area contributed by atoms with Crippen molar-refractivity contribution in [3.05, 3.63) is 65.3 Å². The van der Waals surface area contributed by atoms with Gasteiger partial charge in [0, 0.05) is 33.7 Å². The second-order valence-electron chi connectivity index (χ2n) is 5.66. The topological polar surface area (TPSA) is 80.4 Å². The van der Waals surface area contributed by atoms with Crippen molar-refractivity contribution in [2.75, 3.05) is 17.7 Å². The van der Waals surface area contributed by atoms with Crippen molar-refractivity contribution in [3.8, 4) is 16.9 Å². The van der Waals surface area contributed by atoms with Crippen molar-refractivity contribution in [1.82, 2.24) is 4.98 Å². The van der Waals surface area contributed by atoms with Gasteiger partial charge >= 0.3 is 0 Å². The lowest BCUT2D eigenvalue weighted by atomic mass is 9.99. The summed E-state index contributed by atoms with van der Waals surface area (Å²) in [7, 11) is 0. The smallest absolute Gasteiger partial charge is 0.130 e. The van der Waals surface area contributed by atoms with Gasteiger partial charge in [-0.25, -0.2) is 4.98 Å². The number of nitrogens with zero attached hydrogens (tertiary/aromatic N) is 1. The zero-order valence-electron chi connectivity index (χ0n) is 14.4. The molecule has 5 nitrogen and oxygen atoms in total. The fraction of sp³-hybridized carbons (Fsp3) is 0.150. The molecule has 26 heavy (non-hydrogen) atoms. The lowest BCUT2D eigenvalue weighted by Crippen LogP contribution is -2.03. The second-order valence-corrected chi connectivity index (χ2v) is 6.10. The Morgan fingerprint density at radius 3 is 2.73 bits per heavy atom. The van der Waals surface area contributed by atoms with Crippen LogP contribution in [0.1, 0.15) is 12.5 Å². The summed E-state index contributed by atoms with van der Waals surface area (Å²) in [6.07, 6.45) is 1.69. The summed E-state index contributed by atoms with van der Waals surface area (Å²) in [4.78, 5) is 4.26. The highest BCUT2D eigenvalue weighted by molar-refractivity contribution is 6.31. The Hall–Kier alpha value is -2.76. The molecule has 4 N–H and O–H groups in total. The van der Waals surface area contributed by atoms with E-state index in [1.54, 1.807) is 12.3 Å². The summed E-state index contributed by atoms with van der Waals surface area (Å²) in [5.41, 5.74) is 9.63. The SMILES string of the molecule is CCOc1ccc(Cl)cc1-c1cc(N)c(CO)c(Nc2ccccn2)c1. The van der Waals surface area contributed by atoms with Gasteiger partial charge in [0.2, 0.25) is 0 Å². The molecule has 3 aromatic rings. The normalized spacial score (nSPS) is 10.6. The number of halogens is 1. The highest BCUT2D eigenvalue weighted by Gasteiger charge is 2.14. The molecule has 0 saturated heterocycles. The predicted octanol–water partition coefficient (Wildman–Crippen LogP) is 4.62. The van der Waals surface area contributed by atoms with Gasteiger partial charge < -0.3 is 20.9 Å². The maximum absolute atomic E-state index is 9.74. The van der Waals surface area contributed by atoms with Crippen LogP contribution in [-0.2, 0) is 6.61 Å². The molecule has 0 aliphatic carbocycles. The lowest BCUT2D eigenvalue weighted by molar-refractivity contribution is 0.283. The molecule has 0 radical (unpaired) electrons. The molecule has 0 atom stereocenters. The first kappa shape index (κ1) is 18.0. The van der Waals surface area contributed by atoms with Gasteiger partial charge in [-0.05, 0) is 55.0 Å². The number of aliphatic hydroxyl groups is 1. The van der Waals surface area contributed by atoms with Gasteiger partial charge in [-0.1, -0.05) is 17.7 Å². The average Bonchev–Trinajstić information content (AvgIpc) is 2.64. The van der Waals surface area contributed by atoms with Crippen LogP contribution in [0.3, 0.4) is 0 Å². The van der Waals surface area contributed by atoms with Gasteiger partial charge in [-0.3, -0.25) is 0 Å². The molecular formula is C20H20ClN3O2. The Morgan fingerprint density at radius 1 is 1.19 bits per heavy atom. The quantitative estimate of drug-likeness (QED) is 0.552. The van der Waals surface area contributed by atoms with Gasteiger partial charge in [-0.15, -0.1) is 0 Å². The van der Waals surface area contributed by atoms with Crippen LogP contribution < -0.4 is 15.8 Å². The van der Waals surface area contributed by atoms with Crippen LogP contribution in [0.15, 0.2) is 54.7 Å². The van der Waals surface area contributed by atoms with Crippen molar-refractivity contribution in [1.29, 1.82) is 0 Å². The Balaban J connectivity index is 2.11. The summed E-state index contributed by atoms with van der Waals surface area (Å²) in [5.74, 6) is 1.38. The molecule has 0 saturated carbocycles. The van der Waals surface area contributed by atoms with Crippen LogP contribution in [0.4, 0.5) is 17.2 Å². The maximum atomic E-state index is 9.74. The van der Waals surface area contributed by atoms with E-state index in [4.69, 9.17) is 22.1 Å². The van der Waals surface area contributed by atoms with E-state index in [1.165, 1.54) is 0 Å². The third-order valence-corrected chi connectivity index (χ3v) is 4.16. The van der Waals surface area contributed by atoms with Crippen molar-refractivity contribution in [2.24, 2.45) is 0 Å². The van der Waals surface area contributed by atoms with Crippen molar-refractivity contribution in [3.63, 3.8) is 0 Å². The van der Waals surface area contributed by atoms with E-state index in [2.05, 4.69) is 10.3 Å². The molecule has 3 rings (SSSR count). The number of nitrogens with two attached hydrogens (primary N) is 1. The van der Waals surface area contributed by atoms with Crippen molar-refractivity contribution < 1.29 is 9.84 Å². The summed E-state index contributed by atoms with van der Waals surface area (Å²) in [6, 6.07) is 14.7. The molecule has 6 heteroatoms. The molecule has 0 spiro atoms. The monoisotopic (exact) mass is 369 g/mol. The zero-order chi connectivity index (χ0) is 18.5. The number of ether oxygens (including phenoxy) is 1. The number of pyridine rings is 1. The van der Waals surface area contributed by atoms with Crippen LogP contribution in [0.5, 0.6) is 5.75 Å². The van der Waals surface area contributed by atoms with Gasteiger partial charge in [0.1, 0.15) is 11.6 Å². The summed E-state index contributed by atoms with van der Waals surface area (Å²) in [5, 5.41) is 13.6. The van der Waals surface area contributed by atoms with E-state index < -0.39 is 0 Å². The fourth-order valence-electron chi connectivity index (χ4n) is 2.72. The minimum absolute atomic E-state index is 0.185. The Morgan fingerprint density at radius 2 is 2.04 bits per heavy atom. The lowest BCUT2D eigenvalue weighted by Gasteiger charge is -2.17. The van der Waals surface area contributed by atoms with E-state index in [0.717, 1.165) is 16.9 Å². The number of nitrogens with one attached hydrogen (secondary N) is 1. The molecule has 0 amide bonds. The van der Waals surface area contributed by atoms with E-state index in [-0.39, 0.29) is 6.61 Å². The molecule has 0 aliphatic heterocycles. The maximum Gasteiger partial charge on any atom is 0.130 e. The van der Waals surface area contributed by atoms with E-state index in [0.29, 0.717) is 34.4 Å². The van der Waals surface area contributed by atoms with Crippen molar-refractivity contribution in [2.45, 2.75) is 13.5 Å². The predicted molar refractivity (Wildman–Crippen MR) is 106 cm³/mol. The number of anilines is 3. The molecule has 0 unspecified atom stereocenters. The molecule has 134 valence electrons. The minimum atomic E-state index is -0.185. The van der Waals surface area contributed by atoms with Crippen molar-refractivity contribution >= 4 is 28.8 Å². The first-order valence-electron chi connectivity index (χ1n) is 8.26. The number of aromatic nitrogens is 1. The first-order valence-corrected chi connectivity index (χ1v) is 8.64. The number of nitrogen functional groups attached to an aromatic ring is 1. The van der Waals surface area contributed by atoms with Crippen LogP contribution >= 0.6 is 11.6 Å². The van der Waals surface area contributed by atoms with E-state index in [9.17, 15) is 5.11 Å². The summed E-state index contributed by atoms with van der Waals surface area (Å²) in [6.45, 7) is 2.28. The number of hydrogen-bond acceptors (Lipinski definition) is 5. The first-order chi connectivity index (χ1) is 12.6. The third kappa shape index (κ3) is 3.90. The molecule has 1 aromatic heterocycles. The highest BCUT2D eigenvalue weighted by atomic mass is 35.5. The number of benzene rings is 2. The average molecular weight is 370 g/mol. The van der Waals surface area contributed by atoms with Gasteiger partial charge in [-0.2, -0.15) is 0 Å². The zero-order valence-corrected chi connectivity index (χ0v) is 15.1. The fourth-order valence-corrected chi connectivity index (χ4v) is 2.89.